The Kier molecular flexibility index (Phi) is 6.24. The zero-order valence-electron chi connectivity index (χ0n) is 13.4. The van der Waals surface area contributed by atoms with Crippen LogP contribution in [0.5, 0.6) is 0 Å². The fourth-order valence-corrected chi connectivity index (χ4v) is 3.47. The normalized spacial score (nSPS) is 10.8. The van der Waals surface area contributed by atoms with E-state index in [0.717, 1.165) is 21.8 Å². The average molecular weight is 473 g/mol. The largest absolute Gasteiger partial charge is 0.411 e. The Labute approximate surface area is 172 Å². The number of carbonyl (C=O) groups is 1. The van der Waals surface area contributed by atoms with Crippen molar-refractivity contribution in [3.05, 3.63) is 56.5 Å². The van der Waals surface area contributed by atoms with Crippen LogP contribution in [0.1, 0.15) is 5.56 Å². The predicted octanol–water partition coefficient (Wildman–Crippen LogP) is 5.85. The molecule has 1 amide bonds. The number of halogens is 3. The first-order valence-corrected chi connectivity index (χ1v) is 9.93. The summed E-state index contributed by atoms with van der Waals surface area (Å²) in [5.41, 5.74) is 2.40. The first-order valence-electron chi connectivity index (χ1n) is 7.40. The minimum Gasteiger partial charge on any atom is -0.411 e. The van der Waals surface area contributed by atoms with Crippen molar-refractivity contribution in [2.24, 2.45) is 0 Å². The highest BCUT2D eigenvalue weighted by molar-refractivity contribution is 9.10. The Bertz CT molecular complexity index is 965. The summed E-state index contributed by atoms with van der Waals surface area (Å²) in [6, 6.07) is 10.6. The Morgan fingerprint density at radius 1 is 1.23 bits per heavy atom. The SMILES string of the molecule is Cc1ccc(NC(=O)CSc2nnc(-c3ccc(Cl)cc3Cl)o2)cc1Br. The lowest BCUT2D eigenvalue weighted by atomic mass is 10.2. The molecule has 0 aliphatic rings. The second kappa shape index (κ2) is 8.43. The van der Waals surface area contributed by atoms with E-state index in [1.165, 1.54) is 0 Å². The first-order chi connectivity index (χ1) is 12.4. The topological polar surface area (TPSA) is 68.0 Å². The van der Waals surface area contributed by atoms with Gasteiger partial charge in [-0.05, 0) is 42.8 Å². The van der Waals surface area contributed by atoms with E-state index in [-0.39, 0.29) is 22.8 Å². The average Bonchev–Trinajstić information content (AvgIpc) is 3.05. The van der Waals surface area contributed by atoms with E-state index in [0.29, 0.717) is 21.3 Å². The fraction of sp³-hybridized carbons (Fsp3) is 0.118. The van der Waals surface area contributed by atoms with Gasteiger partial charge in [-0.1, -0.05) is 57.0 Å². The number of thioether (sulfide) groups is 1. The predicted molar refractivity (Wildman–Crippen MR) is 108 cm³/mol. The number of nitrogens with one attached hydrogen (secondary N) is 1. The zero-order chi connectivity index (χ0) is 18.7. The number of hydrogen-bond donors (Lipinski definition) is 1. The van der Waals surface area contributed by atoms with Crippen molar-refractivity contribution in [3.63, 3.8) is 0 Å². The Morgan fingerprint density at radius 3 is 2.77 bits per heavy atom. The molecule has 0 saturated heterocycles. The highest BCUT2D eigenvalue weighted by Crippen LogP contribution is 2.31. The van der Waals surface area contributed by atoms with Gasteiger partial charge in [-0.2, -0.15) is 0 Å². The van der Waals surface area contributed by atoms with E-state index >= 15 is 0 Å². The monoisotopic (exact) mass is 471 g/mol. The van der Waals surface area contributed by atoms with Crippen LogP contribution >= 0.6 is 50.9 Å². The van der Waals surface area contributed by atoms with Crippen LogP contribution in [-0.4, -0.2) is 21.9 Å². The summed E-state index contributed by atoms with van der Waals surface area (Å²) >= 11 is 16.6. The summed E-state index contributed by atoms with van der Waals surface area (Å²) in [4.78, 5) is 12.1. The minimum atomic E-state index is -0.171. The summed E-state index contributed by atoms with van der Waals surface area (Å²) < 4.78 is 6.49. The van der Waals surface area contributed by atoms with Gasteiger partial charge in [0.15, 0.2) is 0 Å². The van der Waals surface area contributed by atoms with Gasteiger partial charge in [-0.3, -0.25) is 4.79 Å². The van der Waals surface area contributed by atoms with E-state index < -0.39 is 0 Å². The van der Waals surface area contributed by atoms with Crippen molar-refractivity contribution >= 4 is 62.5 Å². The molecule has 1 heterocycles. The lowest BCUT2D eigenvalue weighted by Crippen LogP contribution is -2.14. The Balaban J connectivity index is 1.60. The molecule has 1 N–H and O–H groups in total. The number of nitrogens with zero attached hydrogens (tertiary/aromatic N) is 2. The summed E-state index contributed by atoms with van der Waals surface area (Å²) in [6.07, 6.45) is 0. The molecule has 0 atom stereocenters. The molecule has 0 radical (unpaired) electrons. The number of rotatable bonds is 5. The van der Waals surface area contributed by atoms with Crippen LogP contribution in [0.2, 0.25) is 10.0 Å². The van der Waals surface area contributed by atoms with Gasteiger partial charge in [0.2, 0.25) is 11.8 Å². The molecule has 0 spiro atoms. The molecule has 0 saturated carbocycles. The second-order valence-corrected chi connectivity index (χ2v) is 7.92. The number of carbonyl (C=O) groups excluding carboxylic acids is 1. The maximum absolute atomic E-state index is 12.1. The van der Waals surface area contributed by atoms with E-state index in [4.69, 9.17) is 27.6 Å². The van der Waals surface area contributed by atoms with Gasteiger partial charge < -0.3 is 9.73 Å². The standard InChI is InChI=1S/C17H12BrCl2N3O2S/c1-9-2-4-11(7-13(9)18)21-15(24)8-26-17-23-22-16(25-17)12-5-3-10(19)6-14(12)20/h2-7H,8H2,1H3,(H,21,24). The van der Waals surface area contributed by atoms with E-state index in [1.807, 2.05) is 25.1 Å². The summed E-state index contributed by atoms with van der Waals surface area (Å²) in [7, 11) is 0. The van der Waals surface area contributed by atoms with E-state index in [9.17, 15) is 4.79 Å². The van der Waals surface area contributed by atoms with E-state index in [1.54, 1.807) is 18.2 Å². The van der Waals surface area contributed by atoms with Crippen molar-refractivity contribution in [2.45, 2.75) is 12.1 Å². The van der Waals surface area contributed by atoms with Gasteiger partial charge >= 0.3 is 0 Å². The summed E-state index contributed by atoms with van der Waals surface area (Å²) in [6.45, 7) is 1.98. The van der Waals surface area contributed by atoms with Crippen molar-refractivity contribution in [1.29, 1.82) is 0 Å². The van der Waals surface area contributed by atoms with Gasteiger partial charge in [0.25, 0.3) is 5.22 Å². The number of aryl methyl sites for hydroxylation is 1. The van der Waals surface area contributed by atoms with Crippen LogP contribution in [-0.2, 0) is 4.79 Å². The maximum Gasteiger partial charge on any atom is 0.277 e. The number of hydrogen-bond acceptors (Lipinski definition) is 5. The van der Waals surface area contributed by atoms with Crippen molar-refractivity contribution in [2.75, 3.05) is 11.1 Å². The highest BCUT2D eigenvalue weighted by atomic mass is 79.9. The molecule has 0 aliphatic heterocycles. The minimum absolute atomic E-state index is 0.140. The van der Waals surface area contributed by atoms with Gasteiger partial charge in [0.1, 0.15) is 0 Å². The lowest BCUT2D eigenvalue weighted by Gasteiger charge is -2.06. The Hall–Kier alpha value is -1.54. The third-order valence-corrected chi connectivity index (χ3v) is 5.57. The molecule has 0 unspecified atom stereocenters. The van der Waals surface area contributed by atoms with Gasteiger partial charge in [0, 0.05) is 15.2 Å². The van der Waals surface area contributed by atoms with Crippen LogP contribution in [0.3, 0.4) is 0 Å². The number of anilines is 1. The van der Waals surface area contributed by atoms with Crippen molar-refractivity contribution in [1.82, 2.24) is 10.2 Å². The fourth-order valence-electron chi connectivity index (χ4n) is 2.03. The molecule has 26 heavy (non-hydrogen) atoms. The van der Waals surface area contributed by atoms with E-state index in [2.05, 4.69) is 31.4 Å². The maximum atomic E-state index is 12.1. The van der Waals surface area contributed by atoms with Crippen LogP contribution in [0.15, 0.2) is 50.5 Å². The summed E-state index contributed by atoms with van der Waals surface area (Å²) in [5.74, 6) is 0.244. The molecule has 3 rings (SSSR count). The smallest absolute Gasteiger partial charge is 0.277 e. The third kappa shape index (κ3) is 4.79. The third-order valence-electron chi connectivity index (χ3n) is 3.35. The molecule has 0 fully saturated rings. The quantitative estimate of drug-likeness (QED) is 0.472. The zero-order valence-corrected chi connectivity index (χ0v) is 17.3. The molecule has 9 heteroatoms. The van der Waals surface area contributed by atoms with Crippen molar-refractivity contribution in [3.8, 4) is 11.5 Å². The number of benzene rings is 2. The molecule has 3 aromatic rings. The first kappa shape index (κ1) is 19.2. The van der Waals surface area contributed by atoms with Crippen LogP contribution in [0, 0.1) is 6.92 Å². The van der Waals surface area contributed by atoms with Gasteiger partial charge in [-0.25, -0.2) is 0 Å². The van der Waals surface area contributed by atoms with Crippen molar-refractivity contribution < 1.29 is 9.21 Å². The van der Waals surface area contributed by atoms with Gasteiger partial charge in [0.05, 0.1) is 16.3 Å². The summed E-state index contributed by atoms with van der Waals surface area (Å²) in [5, 5.41) is 11.9. The molecular weight excluding hydrogens is 461 g/mol. The molecule has 2 aromatic carbocycles. The van der Waals surface area contributed by atoms with Crippen LogP contribution < -0.4 is 5.32 Å². The molecular formula is C17H12BrCl2N3O2S. The molecule has 0 bridgehead atoms. The highest BCUT2D eigenvalue weighted by Gasteiger charge is 2.14. The lowest BCUT2D eigenvalue weighted by molar-refractivity contribution is -0.113. The molecule has 5 nitrogen and oxygen atoms in total. The van der Waals surface area contributed by atoms with Gasteiger partial charge in [-0.15, -0.1) is 10.2 Å². The molecule has 0 aliphatic carbocycles. The second-order valence-electron chi connectivity index (χ2n) is 5.30. The number of amides is 1. The number of aromatic nitrogens is 2. The molecule has 1 aromatic heterocycles. The van der Waals surface area contributed by atoms with Crippen LogP contribution in [0.4, 0.5) is 5.69 Å². The molecule has 134 valence electrons. The van der Waals surface area contributed by atoms with Crippen LogP contribution in [0.25, 0.3) is 11.5 Å². The Morgan fingerprint density at radius 2 is 2.04 bits per heavy atom.